The third-order valence-electron chi connectivity index (χ3n) is 7.61. The molecule has 5 heteroatoms. The van der Waals surface area contributed by atoms with Crippen molar-refractivity contribution in [3.8, 4) is 34.0 Å². The van der Waals surface area contributed by atoms with Crippen LogP contribution in [0.25, 0.3) is 50.0 Å². The summed E-state index contributed by atoms with van der Waals surface area (Å²) < 4.78 is 8.03. The number of benzene rings is 4. The van der Waals surface area contributed by atoms with E-state index in [-0.39, 0.29) is 0 Å². The molecule has 0 atom stereocenters. The molecule has 0 saturated carbocycles. The van der Waals surface area contributed by atoms with Gasteiger partial charge >= 0.3 is 0 Å². The van der Waals surface area contributed by atoms with Crippen molar-refractivity contribution in [2.24, 2.45) is 0 Å². The van der Waals surface area contributed by atoms with Gasteiger partial charge in [-0.1, -0.05) is 30.3 Å². The highest BCUT2D eigenvalue weighted by molar-refractivity contribution is 6.11. The van der Waals surface area contributed by atoms with Crippen LogP contribution in [0.3, 0.4) is 0 Å². The average molecular weight is 499 g/mol. The van der Waals surface area contributed by atoms with Crippen LogP contribution in [0, 0.1) is 34.6 Å². The molecule has 0 N–H and O–H groups in total. The van der Waals surface area contributed by atoms with Gasteiger partial charge in [0.1, 0.15) is 18.4 Å². The van der Waals surface area contributed by atoms with E-state index < -0.39 is 0 Å². The van der Waals surface area contributed by atoms with Crippen molar-refractivity contribution >= 4 is 21.8 Å². The zero-order valence-corrected chi connectivity index (χ0v) is 22.6. The Kier molecular flexibility index (Phi) is 5.72. The van der Waals surface area contributed by atoms with Crippen LogP contribution in [0.1, 0.15) is 27.8 Å². The second-order valence-electron chi connectivity index (χ2n) is 10.0. The van der Waals surface area contributed by atoms with Crippen LogP contribution >= 0.6 is 0 Å². The van der Waals surface area contributed by atoms with E-state index in [1.54, 1.807) is 19.8 Å². The lowest BCUT2D eigenvalue weighted by atomic mass is 9.94. The number of fused-ring (bicyclic) bond motifs is 3. The fourth-order valence-corrected chi connectivity index (χ4v) is 6.03. The van der Waals surface area contributed by atoms with Crippen molar-refractivity contribution in [2.45, 2.75) is 34.6 Å². The molecular weight excluding hydrogens is 468 g/mol. The molecule has 0 aliphatic heterocycles. The highest BCUT2D eigenvalue weighted by Crippen LogP contribution is 2.41. The van der Waals surface area contributed by atoms with Crippen LogP contribution in [-0.2, 0) is 0 Å². The predicted molar refractivity (Wildman–Crippen MR) is 155 cm³/mol. The Balaban J connectivity index is 1.71. The normalized spacial score (nSPS) is 11.4. The molecular formula is C33H30N4O. The number of ether oxygens (including phenoxy) is 1. The average Bonchev–Trinajstić information content (AvgIpc) is 3.22. The summed E-state index contributed by atoms with van der Waals surface area (Å²) in [6.45, 7) is 10.8. The Hall–Kier alpha value is -4.51. The molecule has 5 nitrogen and oxygen atoms in total. The molecule has 6 rings (SSSR count). The van der Waals surface area contributed by atoms with Gasteiger partial charge in [0.15, 0.2) is 5.82 Å². The number of aryl methyl sites for hydroxylation is 4. The molecule has 188 valence electrons. The van der Waals surface area contributed by atoms with E-state index in [2.05, 4.69) is 109 Å². The summed E-state index contributed by atoms with van der Waals surface area (Å²) in [7, 11) is 1.72. The Morgan fingerprint density at radius 1 is 0.658 bits per heavy atom. The third kappa shape index (κ3) is 3.66. The van der Waals surface area contributed by atoms with Gasteiger partial charge in [-0.25, -0.2) is 15.0 Å². The molecule has 4 aromatic carbocycles. The van der Waals surface area contributed by atoms with Crippen LogP contribution in [0.5, 0.6) is 5.75 Å². The number of hydrogen-bond donors (Lipinski definition) is 0. The first-order valence-corrected chi connectivity index (χ1v) is 12.8. The summed E-state index contributed by atoms with van der Waals surface area (Å²) >= 11 is 0. The van der Waals surface area contributed by atoms with Crippen molar-refractivity contribution in [3.05, 3.63) is 101 Å². The van der Waals surface area contributed by atoms with Crippen LogP contribution < -0.4 is 4.74 Å². The molecule has 0 spiro atoms. The van der Waals surface area contributed by atoms with Crippen molar-refractivity contribution < 1.29 is 4.74 Å². The smallest absolute Gasteiger partial charge is 0.163 e. The van der Waals surface area contributed by atoms with Crippen molar-refractivity contribution in [2.75, 3.05) is 7.11 Å². The Morgan fingerprint density at radius 3 is 2.00 bits per heavy atom. The van der Waals surface area contributed by atoms with Gasteiger partial charge in [0, 0.05) is 16.3 Å². The topological polar surface area (TPSA) is 52.8 Å². The lowest BCUT2D eigenvalue weighted by Gasteiger charge is -2.19. The molecule has 38 heavy (non-hydrogen) atoms. The maximum atomic E-state index is 5.65. The number of nitrogens with zero attached hydrogens (tertiary/aromatic N) is 4. The van der Waals surface area contributed by atoms with Gasteiger partial charge in [-0.2, -0.15) is 0 Å². The molecule has 0 bridgehead atoms. The summed E-state index contributed by atoms with van der Waals surface area (Å²) in [6, 6.07) is 21.9. The summed E-state index contributed by atoms with van der Waals surface area (Å²) in [4.78, 5) is 13.0. The fourth-order valence-electron chi connectivity index (χ4n) is 6.03. The first-order valence-electron chi connectivity index (χ1n) is 12.8. The van der Waals surface area contributed by atoms with Gasteiger partial charge in [0.25, 0.3) is 0 Å². The molecule has 0 amide bonds. The first-order chi connectivity index (χ1) is 18.4. The zero-order chi connectivity index (χ0) is 26.6. The summed E-state index contributed by atoms with van der Waals surface area (Å²) in [6.07, 6.45) is 3.12. The van der Waals surface area contributed by atoms with Gasteiger partial charge in [0.2, 0.25) is 0 Å². The highest BCUT2D eigenvalue weighted by atomic mass is 16.5. The largest absolute Gasteiger partial charge is 0.497 e. The molecule has 0 unspecified atom stereocenters. The zero-order valence-electron chi connectivity index (χ0n) is 22.6. The minimum atomic E-state index is 0.691. The lowest BCUT2D eigenvalue weighted by Crippen LogP contribution is -2.05. The molecule has 2 heterocycles. The standard InChI is InChI=1S/C33H30N4O/c1-19-8-7-9-20(2)30(19)24-10-12-28-26(15-24)27-16-25(38-6)11-13-29(27)37(28)32-22(4)14-21(3)31(23(32)5)33-35-17-34-18-36-33/h7-18H,1-6H3. The molecule has 0 aliphatic carbocycles. The van der Waals surface area contributed by atoms with Crippen LogP contribution in [-0.4, -0.2) is 26.6 Å². The molecule has 6 aromatic rings. The van der Waals surface area contributed by atoms with Gasteiger partial charge in [-0.15, -0.1) is 0 Å². The van der Waals surface area contributed by atoms with E-state index >= 15 is 0 Å². The van der Waals surface area contributed by atoms with Crippen LogP contribution in [0.2, 0.25) is 0 Å². The third-order valence-corrected chi connectivity index (χ3v) is 7.61. The molecule has 0 saturated heterocycles. The van der Waals surface area contributed by atoms with E-state index in [9.17, 15) is 0 Å². The maximum Gasteiger partial charge on any atom is 0.163 e. The summed E-state index contributed by atoms with van der Waals surface area (Å²) in [5, 5.41) is 2.36. The quantitative estimate of drug-likeness (QED) is 0.248. The van der Waals surface area contributed by atoms with E-state index in [1.165, 1.54) is 33.2 Å². The lowest BCUT2D eigenvalue weighted by molar-refractivity contribution is 0.415. The van der Waals surface area contributed by atoms with E-state index in [4.69, 9.17) is 4.74 Å². The SMILES string of the molecule is COc1ccc2c(c1)c1cc(-c3c(C)cccc3C)ccc1n2-c1c(C)cc(C)c(-c2ncncn2)c1C. The highest BCUT2D eigenvalue weighted by Gasteiger charge is 2.21. The monoisotopic (exact) mass is 498 g/mol. The fraction of sp³-hybridized carbons (Fsp3) is 0.182. The van der Waals surface area contributed by atoms with Crippen molar-refractivity contribution in [3.63, 3.8) is 0 Å². The Morgan fingerprint density at radius 2 is 1.32 bits per heavy atom. The number of aromatic nitrogens is 4. The minimum Gasteiger partial charge on any atom is -0.497 e. The van der Waals surface area contributed by atoms with Gasteiger partial charge in [0.05, 0.1) is 23.8 Å². The van der Waals surface area contributed by atoms with Crippen molar-refractivity contribution in [1.82, 2.24) is 19.5 Å². The number of methoxy groups -OCH3 is 1. The number of rotatable bonds is 4. The molecule has 0 fully saturated rings. The van der Waals surface area contributed by atoms with Gasteiger partial charge in [-0.3, -0.25) is 0 Å². The number of hydrogen-bond acceptors (Lipinski definition) is 4. The predicted octanol–water partition coefficient (Wildman–Crippen LogP) is 7.85. The Labute approximate surface area is 222 Å². The van der Waals surface area contributed by atoms with E-state index in [1.807, 2.05) is 6.07 Å². The molecule has 2 aromatic heterocycles. The second-order valence-corrected chi connectivity index (χ2v) is 10.0. The summed E-state index contributed by atoms with van der Waals surface area (Å²) in [5.41, 5.74) is 13.0. The van der Waals surface area contributed by atoms with Gasteiger partial charge < -0.3 is 9.30 Å². The van der Waals surface area contributed by atoms with Crippen LogP contribution in [0.4, 0.5) is 0 Å². The maximum absolute atomic E-state index is 5.65. The van der Waals surface area contributed by atoms with Crippen LogP contribution in [0.15, 0.2) is 73.3 Å². The first kappa shape index (κ1) is 23.9. The van der Waals surface area contributed by atoms with Crippen molar-refractivity contribution in [1.29, 1.82) is 0 Å². The molecule has 0 aliphatic rings. The summed E-state index contributed by atoms with van der Waals surface area (Å²) in [5.74, 6) is 1.54. The van der Waals surface area contributed by atoms with Gasteiger partial charge in [-0.05, 0) is 104 Å². The minimum absolute atomic E-state index is 0.691. The second kappa shape index (κ2) is 9.10. The molecule has 0 radical (unpaired) electrons. The Bertz CT molecular complexity index is 1830. The van der Waals surface area contributed by atoms with E-state index in [0.29, 0.717) is 5.82 Å². The van der Waals surface area contributed by atoms with E-state index in [0.717, 1.165) is 44.5 Å².